The number of hydrogen-bond donors (Lipinski definition) is 9. The SMILES string of the molecule is CC(O)C(NC(=O)C(N)Cc1cnc[nH]1)C(=O)NC(Cc1c[nH]c2ccccc12)C(=O)NC(CCC(N)=O)C(=O)O. The summed E-state index contributed by atoms with van der Waals surface area (Å²) >= 11 is 0. The number of nitrogens with one attached hydrogen (secondary N) is 5. The molecule has 0 aliphatic rings. The molecule has 0 radical (unpaired) electrons. The van der Waals surface area contributed by atoms with Crippen LogP contribution in [0, 0.1) is 0 Å². The zero-order valence-corrected chi connectivity index (χ0v) is 22.3. The lowest BCUT2D eigenvalue weighted by Crippen LogP contribution is -2.60. The maximum Gasteiger partial charge on any atom is 0.326 e. The Kier molecular flexibility index (Phi) is 10.5. The van der Waals surface area contributed by atoms with Gasteiger partial charge in [-0.15, -0.1) is 0 Å². The number of hydrogen-bond acceptors (Lipinski definition) is 8. The molecule has 15 nitrogen and oxygen atoms in total. The highest BCUT2D eigenvalue weighted by molar-refractivity contribution is 5.95. The molecule has 4 amide bonds. The number of aliphatic hydroxyl groups is 1. The molecule has 0 saturated carbocycles. The Morgan fingerprint density at radius 2 is 1.68 bits per heavy atom. The molecule has 3 rings (SSSR count). The minimum atomic E-state index is -1.49. The van der Waals surface area contributed by atoms with Crippen LogP contribution < -0.4 is 27.4 Å². The number of H-pyrrole nitrogens is 2. The van der Waals surface area contributed by atoms with E-state index in [4.69, 9.17) is 11.5 Å². The number of amides is 4. The zero-order valence-electron chi connectivity index (χ0n) is 22.3. The molecule has 5 atom stereocenters. The van der Waals surface area contributed by atoms with Gasteiger partial charge in [0.15, 0.2) is 0 Å². The number of rotatable bonds is 15. The molecule has 0 spiro atoms. The van der Waals surface area contributed by atoms with E-state index >= 15 is 0 Å². The summed E-state index contributed by atoms with van der Waals surface area (Å²) in [4.78, 5) is 71.9. The molecular formula is C26H34N8O7. The second-order valence-corrected chi connectivity index (χ2v) is 9.64. The smallest absolute Gasteiger partial charge is 0.326 e. The maximum atomic E-state index is 13.3. The Labute approximate surface area is 234 Å². The van der Waals surface area contributed by atoms with Crippen molar-refractivity contribution in [1.82, 2.24) is 30.9 Å². The number of nitrogens with zero attached hydrogens (tertiary/aromatic N) is 1. The van der Waals surface area contributed by atoms with E-state index < -0.39 is 59.9 Å². The van der Waals surface area contributed by atoms with Gasteiger partial charge in [0.25, 0.3) is 0 Å². The fourth-order valence-corrected chi connectivity index (χ4v) is 4.20. The van der Waals surface area contributed by atoms with Crippen LogP contribution in [0.1, 0.15) is 31.0 Å². The highest BCUT2D eigenvalue weighted by Gasteiger charge is 2.33. The zero-order chi connectivity index (χ0) is 30.1. The number of aliphatic carboxylic acids is 1. The van der Waals surface area contributed by atoms with Gasteiger partial charge in [-0.05, 0) is 25.0 Å². The van der Waals surface area contributed by atoms with Gasteiger partial charge < -0.3 is 47.6 Å². The Morgan fingerprint density at radius 3 is 2.32 bits per heavy atom. The van der Waals surface area contributed by atoms with E-state index in [1.165, 1.54) is 19.4 Å². The van der Waals surface area contributed by atoms with Gasteiger partial charge in [-0.3, -0.25) is 19.2 Å². The van der Waals surface area contributed by atoms with Crippen molar-refractivity contribution in [3.05, 3.63) is 54.2 Å². The average Bonchev–Trinajstić information content (AvgIpc) is 3.58. The molecule has 1 aromatic carbocycles. The molecule has 11 N–H and O–H groups in total. The first-order valence-electron chi connectivity index (χ1n) is 12.8. The van der Waals surface area contributed by atoms with Crippen molar-refractivity contribution in [2.75, 3.05) is 0 Å². The lowest BCUT2D eigenvalue weighted by Gasteiger charge is -2.26. The molecule has 0 aliphatic heterocycles. The van der Waals surface area contributed by atoms with E-state index in [9.17, 15) is 34.2 Å². The molecular weight excluding hydrogens is 536 g/mol. The van der Waals surface area contributed by atoms with E-state index in [0.29, 0.717) is 11.3 Å². The summed E-state index contributed by atoms with van der Waals surface area (Å²) in [6, 6.07) is 1.91. The van der Waals surface area contributed by atoms with Gasteiger partial charge >= 0.3 is 5.97 Å². The lowest BCUT2D eigenvalue weighted by molar-refractivity contribution is -0.142. The largest absolute Gasteiger partial charge is 0.480 e. The second kappa shape index (κ2) is 14.0. The van der Waals surface area contributed by atoms with Gasteiger partial charge in [0.2, 0.25) is 23.6 Å². The fourth-order valence-electron chi connectivity index (χ4n) is 4.20. The summed E-state index contributed by atoms with van der Waals surface area (Å²) < 4.78 is 0. The molecule has 41 heavy (non-hydrogen) atoms. The van der Waals surface area contributed by atoms with Gasteiger partial charge in [-0.2, -0.15) is 0 Å². The van der Waals surface area contributed by atoms with Crippen LogP contribution in [0.25, 0.3) is 10.9 Å². The lowest BCUT2D eigenvalue weighted by atomic mass is 10.0. The van der Waals surface area contributed by atoms with Crippen molar-refractivity contribution in [2.24, 2.45) is 11.5 Å². The summed E-state index contributed by atoms with van der Waals surface area (Å²) in [6.07, 6.45) is 2.67. The first-order chi connectivity index (χ1) is 19.5. The Hall–Kier alpha value is -4.76. The van der Waals surface area contributed by atoms with E-state index in [-0.39, 0.29) is 25.7 Å². The molecule has 15 heteroatoms. The number of nitrogens with two attached hydrogens (primary N) is 2. The van der Waals surface area contributed by atoms with Crippen molar-refractivity contribution in [3.63, 3.8) is 0 Å². The quantitative estimate of drug-likeness (QED) is 0.0995. The summed E-state index contributed by atoms with van der Waals surface area (Å²) in [5, 5.41) is 27.9. The maximum absolute atomic E-state index is 13.3. The number of carbonyl (C=O) groups is 5. The number of fused-ring (bicyclic) bond motifs is 1. The molecule has 0 fully saturated rings. The van der Waals surface area contributed by atoms with Gasteiger partial charge in [-0.25, -0.2) is 9.78 Å². The number of carbonyl (C=O) groups excluding carboxylic acids is 4. The summed E-state index contributed by atoms with van der Waals surface area (Å²) in [5.74, 6) is -4.61. The monoisotopic (exact) mass is 570 g/mol. The van der Waals surface area contributed by atoms with Crippen molar-refractivity contribution < 1.29 is 34.2 Å². The fraction of sp³-hybridized carbons (Fsp3) is 0.385. The molecule has 0 bridgehead atoms. The van der Waals surface area contributed by atoms with Crippen LogP contribution in [-0.2, 0) is 36.8 Å². The van der Waals surface area contributed by atoms with Crippen LogP contribution in [0.15, 0.2) is 43.0 Å². The van der Waals surface area contributed by atoms with E-state index in [1.54, 1.807) is 12.3 Å². The first-order valence-corrected chi connectivity index (χ1v) is 12.8. The third-order valence-electron chi connectivity index (χ3n) is 6.42. The van der Waals surface area contributed by atoms with Gasteiger partial charge in [-0.1, -0.05) is 18.2 Å². The molecule has 220 valence electrons. The van der Waals surface area contributed by atoms with Crippen LogP contribution in [0.3, 0.4) is 0 Å². The second-order valence-electron chi connectivity index (χ2n) is 9.64. The number of imidazole rings is 1. The third-order valence-corrected chi connectivity index (χ3v) is 6.42. The van der Waals surface area contributed by atoms with Crippen LogP contribution in [0.5, 0.6) is 0 Å². The normalized spacial score (nSPS) is 14.8. The Morgan fingerprint density at radius 1 is 0.976 bits per heavy atom. The average molecular weight is 571 g/mol. The van der Waals surface area contributed by atoms with Crippen molar-refractivity contribution in [3.8, 4) is 0 Å². The predicted molar refractivity (Wildman–Crippen MR) is 146 cm³/mol. The number of benzene rings is 1. The third kappa shape index (κ3) is 8.61. The number of aromatic amines is 2. The number of primary amides is 1. The molecule has 2 aromatic heterocycles. The molecule has 5 unspecified atom stereocenters. The summed E-state index contributed by atoms with van der Waals surface area (Å²) in [5.41, 5.74) is 13.1. The van der Waals surface area contributed by atoms with E-state index in [0.717, 1.165) is 10.9 Å². The first kappa shape index (κ1) is 30.8. The standard InChI is InChI=1S/C26H34N8O7/c1-13(35)22(34-23(37)17(27)9-15-11-29-12-31-15)25(39)33-20(8-14-10-30-18-5-3-2-4-16(14)18)24(38)32-19(26(40)41)6-7-21(28)36/h2-5,10-13,17,19-20,22,30,35H,6-9,27H2,1H3,(H2,28,36)(H,29,31)(H,32,38)(H,33,39)(H,34,37)(H,40,41). The number of aliphatic hydroxyl groups excluding tert-OH is 1. The van der Waals surface area contributed by atoms with Crippen LogP contribution in [0.2, 0.25) is 0 Å². The molecule has 0 aliphatic carbocycles. The van der Waals surface area contributed by atoms with Gasteiger partial charge in [0, 0.05) is 48.3 Å². The minimum absolute atomic E-state index is 0.0659. The van der Waals surface area contributed by atoms with Gasteiger partial charge in [0.1, 0.15) is 18.1 Å². The van der Waals surface area contributed by atoms with E-state index in [2.05, 4.69) is 30.9 Å². The van der Waals surface area contributed by atoms with Crippen LogP contribution in [0.4, 0.5) is 0 Å². The van der Waals surface area contributed by atoms with E-state index in [1.807, 2.05) is 18.2 Å². The number of aromatic nitrogens is 3. The summed E-state index contributed by atoms with van der Waals surface area (Å²) in [7, 11) is 0. The van der Waals surface area contributed by atoms with Gasteiger partial charge in [0.05, 0.1) is 18.5 Å². The highest BCUT2D eigenvalue weighted by Crippen LogP contribution is 2.19. The molecule has 0 saturated heterocycles. The van der Waals surface area contributed by atoms with Crippen LogP contribution in [-0.4, -0.2) is 85.0 Å². The molecule has 2 heterocycles. The number of para-hydroxylation sites is 1. The minimum Gasteiger partial charge on any atom is -0.480 e. The number of carboxylic acids is 1. The Balaban J connectivity index is 1.80. The van der Waals surface area contributed by atoms with Crippen LogP contribution >= 0.6 is 0 Å². The van der Waals surface area contributed by atoms with Crippen molar-refractivity contribution >= 4 is 40.5 Å². The highest BCUT2D eigenvalue weighted by atomic mass is 16.4. The Bertz CT molecular complexity index is 1370. The topological polar surface area (TPSA) is 258 Å². The summed E-state index contributed by atoms with van der Waals surface area (Å²) in [6.45, 7) is 1.28. The predicted octanol–water partition coefficient (Wildman–Crippen LogP) is -1.81. The van der Waals surface area contributed by atoms with Crippen molar-refractivity contribution in [2.45, 2.75) is 62.9 Å². The molecule has 3 aromatic rings. The van der Waals surface area contributed by atoms with Crippen molar-refractivity contribution in [1.29, 1.82) is 0 Å². The number of carboxylic acid groups (broad SMARTS) is 1.